The lowest BCUT2D eigenvalue weighted by Crippen LogP contribution is -2.29. The molecular weight excluding hydrogens is 417 g/mol. The van der Waals surface area contributed by atoms with Gasteiger partial charge in [-0.2, -0.15) is 0 Å². The monoisotopic (exact) mass is 437 g/mol. The summed E-state index contributed by atoms with van der Waals surface area (Å²) in [6.07, 6.45) is 0.407. The van der Waals surface area contributed by atoms with Crippen molar-refractivity contribution in [3.8, 4) is 0 Å². The molecular formula is C23H20FN3O3S. The molecule has 1 aliphatic heterocycles. The molecule has 0 bridgehead atoms. The smallest absolute Gasteiger partial charge is 0.329 e. The zero-order valence-corrected chi connectivity index (χ0v) is 17.5. The number of hydrogen-bond donors (Lipinski definition) is 2. The predicted octanol–water partition coefficient (Wildman–Crippen LogP) is 3.51. The standard InChI is InChI=1S/C23H20FN3O3S/c24-15-7-5-14(6-8-15)12-26-18-4-2-1-3-16(18)17-11-19-22(31)25(10-9-21(28)29)23(30)27(19)13-20(17)26/h1-8,31H,9-13H2,(H,28,29). The highest BCUT2D eigenvalue weighted by atomic mass is 32.1. The van der Waals surface area contributed by atoms with Gasteiger partial charge >= 0.3 is 11.7 Å². The number of carbonyl (C=O) groups is 1. The van der Waals surface area contributed by atoms with Gasteiger partial charge in [-0.3, -0.25) is 13.9 Å². The molecule has 0 saturated heterocycles. The average Bonchev–Trinajstić information content (AvgIpc) is 3.19. The fourth-order valence-electron chi connectivity index (χ4n) is 4.45. The maximum absolute atomic E-state index is 13.4. The fraction of sp³-hybridized carbons (Fsp3) is 0.217. The molecule has 2 aromatic carbocycles. The van der Waals surface area contributed by atoms with Gasteiger partial charge in [0.1, 0.15) is 5.82 Å². The number of hydrogen-bond acceptors (Lipinski definition) is 3. The van der Waals surface area contributed by atoms with Crippen molar-refractivity contribution in [2.75, 3.05) is 0 Å². The minimum atomic E-state index is -0.955. The Hall–Kier alpha value is -3.26. The molecule has 0 aliphatic carbocycles. The summed E-state index contributed by atoms with van der Waals surface area (Å²) in [4.78, 5) is 24.0. The first kappa shape index (κ1) is 19.7. The van der Waals surface area contributed by atoms with Gasteiger partial charge in [0, 0.05) is 36.1 Å². The average molecular weight is 437 g/mol. The van der Waals surface area contributed by atoms with Crippen LogP contribution in [-0.2, 0) is 30.8 Å². The normalized spacial score (nSPS) is 12.7. The van der Waals surface area contributed by atoms with E-state index in [0.717, 1.165) is 33.4 Å². The minimum Gasteiger partial charge on any atom is -0.481 e. The zero-order valence-electron chi connectivity index (χ0n) is 16.6. The van der Waals surface area contributed by atoms with Gasteiger partial charge in [0.25, 0.3) is 0 Å². The molecule has 8 heteroatoms. The van der Waals surface area contributed by atoms with Crippen LogP contribution in [0.25, 0.3) is 10.9 Å². The van der Waals surface area contributed by atoms with Crippen LogP contribution in [0.3, 0.4) is 0 Å². The Balaban J connectivity index is 1.62. The van der Waals surface area contributed by atoms with E-state index in [1.165, 1.54) is 16.7 Å². The van der Waals surface area contributed by atoms with E-state index < -0.39 is 5.97 Å². The molecule has 0 atom stereocenters. The Morgan fingerprint density at radius 2 is 1.81 bits per heavy atom. The van der Waals surface area contributed by atoms with Crippen molar-refractivity contribution in [2.24, 2.45) is 0 Å². The summed E-state index contributed by atoms with van der Waals surface area (Å²) in [5.41, 5.74) is 4.76. The van der Waals surface area contributed by atoms with E-state index >= 15 is 0 Å². The van der Waals surface area contributed by atoms with Crippen LogP contribution in [0.5, 0.6) is 0 Å². The number of aromatic nitrogens is 3. The number of carboxylic acids is 1. The first-order valence-corrected chi connectivity index (χ1v) is 10.4. The van der Waals surface area contributed by atoms with Crippen molar-refractivity contribution in [2.45, 2.75) is 37.5 Å². The van der Waals surface area contributed by atoms with Crippen molar-refractivity contribution < 1.29 is 14.3 Å². The quantitative estimate of drug-likeness (QED) is 0.414. The summed E-state index contributed by atoms with van der Waals surface area (Å²) in [6.45, 7) is 1.04. The van der Waals surface area contributed by atoms with Crippen LogP contribution >= 0.6 is 12.6 Å². The van der Waals surface area contributed by atoms with E-state index in [2.05, 4.69) is 29.3 Å². The van der Waals surface area contributed by atoms with Gasteiger partial charge in [-0.25, -0.2) is 9.18 Å². The maximum Gasteiger partial charge on any atom is 0.329 e. The predicted molar refractivity (Wildman–Crippen MR) is 118 cm³/mol. The molecule has 158 valence electrons. The van der Waals surface area contributed by atoms with E-state index in [1.54, 1.807) is 16.7 Å². The Morgan fingerprint density at radius 3 is 2.55 bits per heavy atom. The lowest BCUT2D eigenvalue weighted by atomic mass is 10.0. The van der Waals surface area contributed by atoms with Gasteiger partial charge in [-0.15, -0.1) is 12.6 Å². The van der Waals surface area contributed by atoms with Crippen molar-refractivity contribution in [3.63, 3.8) is 0 Å². The molecule has 0 unspecified atom stereocenters. The van der Waals surface area contributed by atoms with Crippen LogP contribution in [0.1, 0.15) is 28.9 Å². The molecule has 1 aliphatic rings. The van der Waals surface area contributed by atoms with Gasteiger partial charge in [-0.1, -0.05) is 30.3 Å². The van der Waals surface area contributed by atoms with Crippen molar-refractivity contribution in [3.05, 3.63) is 87.3 Å². The second-order valence-corrected chi connectivity index (χ2v) is 8.19. The van der Waals surface area contributed by atoms with E-state index in [0.29, 0.717) is 24.5 Å². The van der Waals surface area contributed by atoms with Crippen LogP contribution in [0, 0.1) is 5.82 Å². The largest absolute Gasteiger partial charge is 0.481 e. The molecule has 2 aromatic heterocycles. The minimum absolute atomic E-state index is 0.0908. The summed E-state index contributed by atoms with van der Waals surface area (Å²) < 4.78 is 18.7. The number of halogens is 1. The van der Waals surface area contributed by atoms with Gasteiger partial charge in [0.2, 0.25) is 0 Å². The van der Waals surface area contributed by atoms with E-state index in [-0.39, 0.29) is 24.5 Å². The van der Waals surface area contributed by atoms with Crippen molar-refractivity contribution in [1.29, 1.82) is 0 Å². The fourth-order valence-corrected chi connectivity index (χ4v) is 4.84. The molecule has 0 amide bonds. The number of imidazole rings is 1. The van der Waals surface area contributed by atoms with Crippen molar-refractivity contribution in [1.82, 2.24) is 13.7 Å². The molecule has 31 heavy (non-hydrogen) atoms. The molecule has 0 fully saturated rings. The third kappa shape index (κ3) is 3.27. The highest BCUT2D eigenvalue weighted by Gasteiger charge is 2.28. The van der Waals surface area contributed by atoms with Crippen LogP contribution < -0.4 is 5.69 Å². The molecule has 5 rings (SSSR count). The third-order valence-corrected chi connectivity index (χ3v) is 6.45. The number of benzene rings is 2. The molecule has 0 saturated carbocycles. The van der Waals surface area contributed by atoms with E-state index in [4.69, 9.17) is 5.11 Å². The van der Waals surface area contributed by atoms with Crippen LogP contribution in [0.15, 0.2) is 58.4 Å². The van der Waals surface area contributed by atoms with E-state index in [1.807, 2.05) is 12.1 Å². The number of fused-ring (bicyclic) bond motifs is 4. The summed E-state index contributed by atoms with van der Waals surface area (Å²) >= 11 is 4.56. The second-order valence-electron chi connectivity index (χ2n) is 7.77. The first-order valence-electron chi connectivity index (χ1n) is 10.0. The highest BCUT2D eigenvalue weighted by Crippen LogP contribution is 2.34. The maximum atomic E-state index is 13.4. The number of aliphatic carboxylic acids is 1. The van der Waals surface area contributed by atoms with Crippen LogP contribution in [-0.4, -0.2) is 24.8 Å². The third-order valence-electron chi connectivity index (χ3n) is 5.95. The lowest BCUT2D eigenvalue weighted by Gasteiger charge is -2.19. The molecule has 3 heterocycles. The summed E-state index contributed by atoms with van der Waals surface area (Å²) in [5.74, 6) is -1.23. The molecule has 6 nitrogen and oxygen atoms in total. The van der Waals surface area contributed by atoms with Gasteiger partial charge in [0.15, 0.2) is 0 Å². The Labute approximate surface area is 182 Å². The van der Waals surface area contributed by atoms with Crippen LogP contribution in [0.2, 0.25) is 0 Å². The summed E-state index contributed by atoms with van der Waals surface area (Å²) in [5, 5.41) is 10.6. The molecule has 0 radical (unpaired) electrons. The highest BCUT2D eigenvalue weighted by molar-refractivity contribution is 7.80. The summed E-state index contributed by atoms with van der Waals surface area (Å²) in [6, 6.07) is 14.5. The zero-order chi connectivity index (χ0) is 21.7. The molecule has 4 aromatic rings. The first-order chi connectivity index (χ1) is 14.9. The topological polar surface area (TPSA) is 69.2 Å². The van der Waals surface area contributed by atoms with Crippen LogP contribution in [0.4, 0.5) is 4.39 Å². The number of para-hydroxylation sites is 1. The number of thiol groups is 1. The SMILES string of the molecule is O=C(O)CCn1c(S)c2n(c1=O)Cc1c(c3ccccc3n1Cc1ccc(F)cc1)C2. The Morgan fingerprint density at radius 1 is 1.06 bits per heavy atom. The number of rotatable bonds is 5. The second kappa shape index (κ2) is 7.46. The van der Waals surface area contributed by atoms with Gasteiger partial charge in [-0.05, 0) is 29.3 Å². The van der Waals surface area contributed by atoms with Gasteiger partial charge < -0.3 is 9.67 Å². The Kier molecular flexibility index (Phi) is 4.74. The number of nitrogens with zero attached hydrogens (tertiary/aromatic N) is 3. The lowest BCUT2D eigenvalue weighted by molar-refractivity contribution is -0.137. The summed E-state index contributed by atoms with van der Waals surface area (Å²) in [7, 11) is 0. The molecule has 0 spiro atoms. The number of carboxylic acid groups (broad SMARTS) is 1. The van der Waals surface area contributed by atoms with Gasteiger partial charge in [0.05, 0.1) is 23.7 Å². The Bertz CT molecular complexity index is 1380. The van der Waals surface area contributed by atoms with Crippen molar-refractivity contribution >= 4 is 29.5 Å². The van der Waals surface area contributed by atoms with E-state index in [9.17, 15) is 14.0 Å². The molecule has 1 N–H and O–H groups in total.